The number of rotatable bonds is 9. The maximum atomic E-state index is 4.00. The molecule has 0 aromatic rings. The van der Waals surface area contributed by atoms with E-state index in [-0.39, 0.29) is 0 Å². The fraction of sp³-hybridized carbons (Fsp3) is 0.583. The van der Waals surface area contributed by atoms with Gasteiger partial charge in [-0.3, -0.25) is 0 Å². The standard InChI is InChI=1S/C16H27N.3C2H6.C2H2/c1-5-9-11-15(7-3)12-13-17-14-16(8-4)10-6-2;4*1-2/h5,7-9,11,17H,1,6,10,12-14H2,2-4H3;3*1-2H3;1-2H/b11-9-,15-7+,16-8+;;;;. The molecule has 0 fully saturated rings. The zero-order chi connectivity index (χ0) is 20.9. The first-order valence-corrected chi connectivity index (χ1v) is 9.90. The quantitative estimate of drug-likeness (QED) is 0.194. The lowest BCUT2D eigenvalue weighted by atomic mass is 10.1. The van der Waals surface area contributed by atoms with Crippen LogP contribution in [0.5, 0.6) is 0 Å². The van der Waals surface area contributed by atoms with E-state index < -0.39 is 0 Å². The molecule has 25 heavy (non-hydrogen) atoms. The fourth-order valence-corrected chi connectivity index (χ4v) is 1.65. The van der Waals surface area contributed by atoms with Crippen molar-refractivity contribution >= 4 is 0 Å². The highest BCUT2D eigenvalue weighted by Gasteiger charge is 1.95. The number of nitrogens with one attached hydrogen (secondary N) is 1. The Morgan fingerprint density at radius 3 is 1.80 bits per heavy atom. The van der Waals surface area contributed by atoms with Crippen LogP contribution in [0.3, 0.4) is 0 Å². The van der Waals surface area contributed by atoms with E-state index in [4.69, 9.17) is 0 Å². The lowest BCUT2D eigenvalue weighted by Gasteiger charge is -2.08. The summed E-state index contributed by atoms with van der Waals surface area (Å²) in [6.07, 6.45) is 21.8. The van der Waals surface area contributed by atoms with Crippen molar-refractivity contribution in [2.75, 3.05) is 13.1 Å². The molecule has 1 nitrogen and oxygen atoms in total. The van der Waals surface area contributed by atoms with E-state index in [0.717, 1.165) is 19.5 Å². The molecular weight excluding hydrogens is 302 g/mol. The molecule has 0 heterocycles. The van der Waals surface area contributed by atoms with E-state index in [2.05, 4.69) is 63.7 Å². The maximum Gasteiger partial charge on any atom is 0.0164 e. The van der Waals surface area contributed by atoms with Crippen LogP contribution in [0.1, 0.15) is 81.6 Å². The molecule has 1 heteroatoms. The Balaban J connectivity index is -0.000000145. The van der Waals surface area contributed by atoms with E-state index >= 15 is 0 Å². The summed E-state index contributed by atoms with van der Waals surface area (Å²) in [6, 6.07) is 0. The van der Waals surface area contributed by atoms with Crippen molar-refractivity contribution in [1.82, 2.24) is 5.32 Å². The van der Waals surface area contributed by atoms with Crippen LogP contribution < -0.4 is 5.32 Å². The molecule has 148 valence electrons. The molecule has 0 spiro atoms. The van der Waals surface area contributed by atoms with Crippen molar-refractivity contribution < 1.29 is 0 Å². The monoisotopic (exact) mass is 349 g/mol. The molecule has 0 rings (SSSR count). The summed E-state index contributed by atoms with van der Waals surface area (Å²) in [5.74, 6) is 0. The number of allylic oxidation sites excluding steroid dienone is 5. The molecule has 0 bridgehead atoms. The van der Waals surface area contributed by atoms with Crippen molar-refractivity contribution in [1.29, 1.82) is 0 Å². The topological polar surface area (TPSA) is 12.0 Å². The van der Waals surface area contributed by atoms with Crippen LogP contribution in [0.25, 0.3) is 0 Å². The van der Waals surface area contributed by atoms with Gasteiger partial charge in [0.05, 0.1) is 0 Å². The maximum absolute atomic E-state index is 4.00. The van der Waals surface area contributed by atoms with Crippen LogP contribution in [0.2, 0.25) is 0 Å². The zero-order valence-electron chi connectivity index (χ0n) is 18.8. The minimum absolute atomic E-state index is 1.02. The van der Waals surface area contributed by atoms with Crippen LogP contribution >= 0.6 is 0 Å². The Labute approximate surface area is 161 Å². The second-order valence-electron chi connectivity index (χ2n) is 4.08. The van der Waals surface area contributed by atoms with Crippen molar-refractivity contribution in [2.24, 2.45) is 0 Å². The third-order valence-electron chi connectivity index (χ3n) is 2.74. The summed E-state index contributed by atoms with van der Waals surface area (Å²) >= 11 is 0. The summed E-state index contributed by atoms with van der Waals surface area (Å²) in [5.41, 5.74) is 2.87. The number of hydrogen-bond donors (Lipinski definition) is 1. The zero-order valence-corrected chi connectivity index (χ0v) is 18.8. The SMILES string of the molecule is C#C.C=C/C=C\C(=C/C)CCNC/C(=C/C)CCC.CC.CC.CC. The highest BCUT2D eigenvalue weighted by Crippen LogP contribution is 2.04. The summed E-state index contributed by atoms with van der Waals surface area (Å²) in [5, 5.41) is 3.49. The molecule has 0 radical (unpaired) electrons. The van der Waals surface area contributed by atoms with Gasteiger partial charge in [-0.1, -0.05) is 103 Å². The molecule has 0 atom stereocenters. The van der Waals surface area contributed by atoms with Crippen LogP contribution in [-0.4, -0.2) is 13.1 Å². The normalized spacial score (nSPS) is 9.88. The van der Waals surface area contributed by atoms with Gasteiger partial charge in [-0.05, 0) is 33.2 Å². The molecule has 0 aromatic carbocycles. The minimum atomic E-state index is 1.02. The highest BCUT2D eigenvalue weighted by atomic mass is 14.8. The average Bonchev–Trinajstić information content (AvgIpc) is 2.72. The largest absolute Gasteiger partial charge is 0.313 e. The Morgan fingerprint density at radius 2 is 1.44 bits per heavy atom. The van der Waals surface area contributed by atoms with E-state index in [0.29, 0.717) is 0 Å². The summed E-state index contributed by atoms with van der Waals surface area (Å²) in [4.78, 5) is 0. The van der Waals surface area contributed by atoms with Gasteiger partial charge in [0.15, 0.2) is 0 Å². The van der Waals surface area contributed by atoms with E-state index in [1.54, 1.807) is 0 Å². The first-order chi connectivity index (χ1) is 12.3. The van der Waals surface area contributed by atoms with Crippen LogP contribution in [-0.2, 0) is 0 Å². The molecular formula is C24H47N. The first-order valence-electron chi connectivity index (χ1n) is 9.90. The Bertz CT molecular complexity index is 316. The lowest BCUT2D eigenvalue weighted by Crippen LogP contribution is -2.18. The smallest absolute Gasteiger partial charge is 0.0164 e. The van der Waals surface area contributed by atoms with Gasteiger partial charge in [0.1, 0.15) is 0 Å². The van der Waals surface area contributed by atoms with Gasteiger partial charge in [0.2, 0.25) is 0 Å². The van der Waals surface area contributed by atoms with Crippen LogP contribution in [0, 0.1) is 12.8 Å². The van der Waals surface area contributed by atoms with Gasteiger partial charge < -0.3 is 5.32 Å². The van der Waals surface area contributed by atoms with Gasteiger partial charge in [-0.15, -0.1) is 12.8 Å². The Hall–Kier alpha value is -1.52. The second-order valence-corrected chi connectivity index (χ2v) is 4.08. The summed E-state index contributed by atoms with van der Waals surface area (Å²) in [6.45, 7) is 24.2. The Morgan fingerprint density at radius 1 is 0.920 bits per heavy atom. The van der Waals surface area contributed by atoms with E-state index in [1.165, 1.54) is 24.0 Å². The average molecular weight is 350 g/mol. The molecule has 0 saturated heterocycles. The molecule has 0 amide bonds. The van der Waals surface area contributed by atoms with Crippen molar-refractivity contribution in [3.05, 3.63) is 48.1 Å². The first kappa shape index (κ1) is 34.7. The van der Waals surface area contributed by atoms with Crippen LogP contribution in [0.15, 0.2) is 48.1 Å². The molecule has 0 saturated carbocycles. The number of hydrogen-bond acceptors (Lipinski definition) is 1. The van der Waals surface area contributed by atoms with Crippen molar-refractivity contribution in [3.63, 3.8) is 0 Å². The predicted molar refractivity (Wildman–Crippen MR) is 123 cm³/mol. The second kappa shape index (κ2) is 43.3. The summed E-state index contributed by atoms with van der Waals surface area (Å²) in [7, 11) is 0. The molecule has 0 aliphatic heterocycles. The predicted octanol–water partition coefficient (Wildman–Crippen LogP) is 7.73. The van der Waals surface area contributed by atoms with Gasteiger partial charge in [-0.2, -0.15) is 0 Å². The Kier molecular flexibility index (Phi) is 60.2. The molecule has 1 N–H and O–H groups in total. The van der Waals surface area contributed by atoms with Crippen molar-refractivity contribution in [3.8, 4) is 12.8 Å². The third kappa shape index (κ3) is 34.7. The van der Waals surface area contributed by atoms with Crippen molar-refractivity contribution in [2.45, 2.75) is 81.6 Å². The van der Waals surface area contributed by atoms with Gasteiger partial charge in [0.25, 0.3) is 0 Å². The van der Waals surface area contributed by atoms with E-state index in [9.17, 15) is 0 Å². The lowest BCUT2D eigenvalue weighted by molar-refractivity contribution is 0.704. The fourth-order valence-electron chi connectivity index (χ4n) is 1.65. The third-order valence-corrected chi connectivity index (χ3v) is 2.74. The van der Waals surface area contributed by atoms with E-state index in [1.807, 2.05) is 53.7 Å². The molecule has 0 unspecified atom stereocenters. The molecule has 0 aromatic heterocycles. The number of terminal acetylenes is 1. The van der Waals surface area contributed by atoms with Gasteiger partial charge in [-0.25, -0.2) is 0 Å². The summed E-state index contributed by atoms with van der Waals surface area (Å²) < 4.78 is 0. The molecule has 0 aliphatic rings. The van der Waals surface area contributed by atoms with Gasteiger partial charge >= 0.3 is 0 Å². The molecule has 0 aliphatic carbocycles. The van der Waals surface area contributed by atoms with Gasteiger partial charge in [0, 0.05) is 6.54 Å². The minimum Gasteiger partial charge on any atom is -0.313 e. The highest BCUT2D eigenvalue weighted by molar-refractivity contribution is 5.21. The van der Waals surface area contributed by atoms with Crippen LogP contribution in [0.4, 0.5) is 0 Å².